The lowest BCUT2D eigenvalue weighted by Crippen LogP contribution is -2.52. The molecule has 1 aliphatic carbocycles. The van der Waals surface area contributed by atoms with Crippen LogP contribution in [-0.2, 0) is 9.59 Å². The average Bonchev–Trinajstić information content (AvgIpc) is 2.97. The molecular weight excluding hydrogens is 506 g/mol. The Morgan fingerprint density at radius 3 is 1.82 bits per heavy atom. The summed E-state index contributed by atoms with van der Waals surface area (Å²) in [5.41, 5.74) is 3.50. The van der Waals surface area contributed by atoms with Gasteiger partial charge >= 0.3 is 11.9 Å². The van der Waals surface area contributed by atoms with Crippen LogP contribution < -0.4 is 14.2 Å². The van der Waals surface area contributed by atoms with E-state index in [9.17, 15) is 14.7 Å². The topological polar surface area (TPSA) is 106 Å². The van der Waals surface area contributed by atoms with Crippen LogP contribution in [0.15, 0.2) is 97.1 Å². The zero-order valence-electron chi connectivity index (χ0n) is 22.0. The van der Waals surface area contributed by atoms with E-state index in [1.54, 1.807) is 78.9 Å². The molecule has 4 aromatic rings. The van der Waals surface area contributed by atoms with Crippen molar-refractivity contribution in [2.45, 2.75) is 11.8 Å². The molecule has 0 radical (unpaired) electrons. The molecule has 1 fully saturated rings. The number of ether oxygens (including phenoxy) is 3. The van der Waals surface area contributed by atoms with E-state index >= 15 is 0 Å². The summed E-state index contributed by atoms with van der Waals surface area (Å²) < 4.78 is 17.0. The molecule has 1 saturated carbocycles. The summed E-state index contributed by atoms with van der Waals surface area (Å²) in [6, 6.07) is 30.6. The number of carboxylic acids is 1. The van der Waals surface area contributed by atoms with Crippen LogP contribution in [0.2, 0.25) is 0 Å². The number of nitriles is 1. The Labute approximate surface area is 232 Å². The van der Waals surface area contributed by atoms with Gasteiger partial charge in [0, 0.05) is 11.8 Å². The second-order valence-corrected chi connectivity index (χ2v) is 9.56. The monoisotopic (exact) mass is 533 g/mol. The Balaban J connectivity index is 1.54. The minimum absolute atomic E-state index is 0.336. The van der Waals surface area contributed by atoms with E-state index in [4.69, 9.17) is 19.5 Å². The van der Waals surface area contributed by atoms with Crippen molar-refractivity contribution in [3.63, 3.8) is 0 Å². The van der Waals surface area contributed by atoms with E-state index in [2.05, 4.69) is 6.07 Å². The highest BCUT2D eigenvalue weighted by Gasteiger charge is 2.60. The Morgan fingerprint density at radius 2 is 1.30 bits per heavy atom. The van der Waals surface area contributed by atoms with Crippen LogP contribution in [0.4, 0.5) is 0 Å². The second kappa shape index (κ2) is 11.3. The lowest BCUT2D eigenvalue weighted by Gasteiger charge is -2.49. The van der Waals surface area contributed by atoms with Gasteiger partial charge < -0.3 is 19.3 Å². The number of nitrogens with zero attached hydrogens (tertiary/aromatic N) is 1. The van der Waals surface area contributed by atoms with Gasteiger partial charge in [-0.25, -0.2) is 0 Å². The molecule has 4 aromatic carbocycles. The second-order valence-electron chi connectivity index (χ2n) is 9.56. The molecule has 0 aliphatic heterocycles. The summed E-state index contributed by atoms with van der Waals surface area (Å²) in [5, 5.41) is 19.4. The molecule has 7 nitrogen and oxygen atoms in total. The Morgan fingerprint density at radius 1 is 0.725 bits per heavy atom. The van der Waals surface area contributed by atoms with Crippen LogP contribution >= 0.6 is 0 Å². The van der Waals surface area contributed by atoms with Gasteiger partial charge in [0.25, 0.3) is 0 Å². The first-order valence-corrected chi connectivity index (χ1v) is 12.8. The molecule has 40 heavy (non-hydrogen) atoms. The Bertz CT molecular complexity index is 1530. The lowest BCUT2D eigenvalue weighted by molar-refractivity contribution is -0.158. The van der Waals surface area contributed by atoms with E-state index < -0.39 is 35.6 Å². The number of hydrogen-bond donors (Lipinski definition) is 1. The van der Waals surface area contributed by atoms with Crippen molar-refractivity contribution < 1.29 is 28.9 Å². The highest BCUT2D eigenvalue weighted by Crippen LogP contribution is 2.60. The van der Waals surface area contributed by atoms with Crippen molar-refractivity contribution in [1.82, 2.24) is 0 Å². The number of benzene rings is 4. The van der Waals surface area contributed by atoms with Gasteiger partial charge in [-0.3, -0.25) is 9.59 Å². The summed E-state index contributed by atoms with van der Waals surface area (Å²) in [5.74, 6) is -3.28. The first kappa shape index (κ1) is 26.5. The molecule has 0 amide bonds. The molecule has 200 valence electrons. The van der Waals surface area contributed by atoms with Crippen molar-refractivity contribution in [2.24, 2.45) is 11.8 Å². The van der Waals surface area contributed by atoms with Gasteiger partial charge in [0.15, 0.2) is 0 Å². The van der Waals surface area contributed by atoms with Crippen LogP contribution in [0.5, 0.6) is 17.2 Å². The zero-order chi connectivity index (χ0) is 28.2. The molecule has 1 aliphatic rings. The lowest BCUT2D eigenvalue weighted by atomic mass is 9.52. The highest BCUT2D eigenvalue weighted by molar-refractivity contribution is 5.86. The van der Waals surface area contributed by atoms with Crippen LogP contribution in [0.3, 0.4) is 0 Å². The Hall–Kier alpha value is -5.09. The number of carboxylic acid groups (broad SMARTS) is 1. The zero-order valence-corrected chi connectivity index (χ0v) is 22.0. The summed E-state index contributed by atoms with van der Waals surface area (Å²) in [6.45, 7) is 0. The minimum atomic E-state index is -1.02. The fourth-order valence-corrected chi connectivity index (χ4v) is 5.67. The van der Waals surface area contributed by atoms with E-state index in [1.807, 2.05) is 18.2 Å². The van der Waals surface area contributed by atoms with Crippen LogP contribution in [0.1, 0.15) is 28.5 Å². The number of hydrogen-bond acceptors (Lipinski definition) is 6. The van der Waals surface area contributed by atoms with Gasteiger partial charge in [-0.05, 0) is 58.7 Å². The summed E-state index contributed by atoms with van der Waals surface area (Å²) in [7, 11) is 3.04. The predicted molar refractivity (Wildman–Crippen MR) is 148 cm³/mol. The van der Waals surface area contributed by atoms with Gasteiger partial charge in [-0.2, -0.15) is 5.26 Å². The molecule has 1 N–H and O–H groups in total. The van der Waals surface area contributed by atoms with Crippen molar-refractivity contribution in [2.75, 3.05) is 14.2 Å². The van der Waals surface area contributed by atoms with Crippen molar-refractivity contribution in [3.8, 4) is 34.4 Å². The maximum Gasteiger partial charge on any atom is 0.315 e. The quantitative estimate of drug-likeness (QED) is 0.217. The normalized spacial score (nSPS) is 19.5. The third-order valence-corrected chi connectivity index (χ3v) is 7.50. The van der Waals surface area contributed by atoms with Gasteiger partial charge in [-0.1, -0.05) is 60.7 Å². The smallest absolute Gasteiger partial charge is 0.315 e. The number of para-hydroxylation sites is 2. The van der Waals surface area contributed by atoms with Crippen molar-refractivity contribution in [1.29, 1.82) is 5.26 Å². The van der Waals surface area contributed by atoms with Crippen molar-refractivity contribution in [3.05, 3.63) is 114 Å². The third-order valence-electron chi connectivity index (χ3n) is 7.50. The molecule has 0 bridgehead atoms. The van der Waals surface area contributed by atoms with E-state index in [-0.39, 0.29) is 0 Å². The molecule has 3 unspecified atom stereocenters. The van der Waals surface area contributed by atoms with E-state index in [0.717, 1.165) is 11.1 Å². The molecule has 0 saturated heterocycles. The molecule has 0 heterocycles. The summed E-state index contributed by atoms with van der Waals surface area (Å²) in [4.78, 5) is 26.6. The number of aliphatic carboxylic acids is 1. The fourth-order valence-electron chi connectivity index (χ4n) is 5.67. The minimum Gasteiger partial charge on any atom is -0.496 e. The highest BCUT2D eigenvalue weighted by atomic mass is 16.5. The first-order valence-electron chi connectivity index (χ1n) is 12.8. The largest absolute Gasteiger partial charge is 0.496 e. The van der Waals surface area contributed by atoms with Gasteiger partial charge in [0.1, 0.15) is 17.2 Å². The number of methoxy groups -OCH3 is 2. The van der Waals surface area contributed by atoms with Gasteiger partial charge in [0.05, 0.1) is 37.7 Å². The van der Waals surface area contributed by atoms with Crippen LogP contribution in [0, 0.1) is 23.2 Å². The van der Waals surface area contributed by atoms with Gasteiger partial charge in [0.2, 0.25) is 0 Å². The van der Waals surface area contributed by atoms with Crippen LogP contribution in [-0.4, -0.2) is 31.3 Å². The third kappa shape index (κ3) is 4.87. The summed E-state index contributed by atoms with van der Waals surface area (Å²) in [6.07, 6.45) is 0. The predicted octanol–water partition coefficient (Wildman–Crippen LogP) is 6.05. The van der Waals surface area contributed by atoms with Crippen molar-refractivity contribution >= 4 is 11.9 Å². The molecule has 0 aromatic heterocycles. The SMILES string of the molecule is COc1ccccc1C1C(C(=O)O)[C@H](c2ccccc2OC)C1C(=O)Oc1cccc(-c2ccc(C#N)cc2)c1. The standard InChI is InChI=1S/C33H27NO6/c1-38-26-12-5-3-10-24(26)28-30(32(35)36)29(25-11-4-6-13-27(25)39-2)31(28)33(37)40-23-9-7-8-22(18-23)21-16-14-20(19-34)15-17-21/h3-18,28-31H,1-2H3,(H,35,36)/t28-,29?,30?,31?/m0/s1. The first-order chi connectivity index (χ1) is 19.5. The number of rotatable bonds is 8. The van der Waals surface area contributed by atoms with Gasteiger partial charge in [-0.15, -0.1) is 0 Å². The maximum atomic E-state index is 13.9. The molecule has 5 rings (SSSR count). The average molecular weight is 534 g/mol. The number of carbonyl (C=O) groups is 2. The van der Waals surface area contributed by atoms with Crippen LogP contribution in [0.25, 0.3) is 11.1 Å². The fraction of sp³-hybridized carbons (Fsp3) is 0.182. The Kier molecular flexibility index (Phi) is 7.52. The molecule has 7 heteroatoms. The molecule has 0 spiro atoms. The number of esters is 1. The maximum absolute atomic E-state index is 13.9. The number of carbonyl (C=O) groups excluding carboxylic acids is 1. The van der Waals surface area contributed by atoms with E-state index in [1.165, 1.54) is 14.2 Å². The summed E-state index contributed by atoms with van der Waals surface area (Å²) >= 11 is 0. The molecular formula is C33H27NO6. The molecule has 4 atom stereocenters. The van der Waals surface area contributed by atoms with E-state index in [0.29, 0.717) is 33.9 Å².